The summed E-state index contributed by atoms with van der Waals surface area (Å²) in [6.45, 7) is 0. The van der Waals surface area contributed by atoms with Gasteiger partial charge in [0.15, 0.2) is 0 Å². The third-order valence-electron chi connectivity index (χ3n) is 1.14. The highest BCUT2D eigenvalue weighted by Crippen LogP contribution is 2.24. The molecule has 0 heterocycles. The maximum Gasteiger partial charge on any atom is 0.338 e. The van der Waals surface area contributed by atoms with E-state index in [0.717, 1.165) is 0 Å². The summed E-state index contributed by atoms with van der Waals surface area (Å²) in [5.74, 6) is 0. The molecule has 0 unspecified atom stereocenters. The van der Waals surface area contributed by atoms with Gasteiger partial charge in [-0.05, 0) is 18.2 Å². The second-order valence-electron chi connectivity index (χ2n) is 2.05. The van der Waals surface area contributed by atoms with Gasteiger partial charge in [-0.2, -0.15) is 5.32 Å². The van der Waals surface area contributed by atoms with E-state index >= 15 is 0 Å². The number of nitrogens with two attached hydrogens (primary N) is 1. The fourth-order valence-corrected chi connectivity index (χ4v) is 0.974. The van der Waals surface area contributed by atoms with E-state index in [4.69, 9.17) is 28.9 Å². The molecule has 3 nitrogen and oxygen atoms in total. The van der Waals surface area contributed by atoms with E-state index in [0.29, 0.717) is 15.7 Å². The third kappa shape index (κ3) is 2.29. The van der Waals surface area contributed by atoms with Crippen LogP contribution in [0, 0.1) is 0 Å². The van der Waals surface area contributed by atoms with Crippen LogP contribution < -0.4 is 11.1 Å². The molecule has 0 aromatic heterocycles. The fraction of sp³-hybridized carbons (Fsp3) is 0. The Labute approximate surface area is 79.5 Å². The second-order valence-corrected chi connectivity index (χ2v) is 2.86. The van der Waals surface area contributed by atoms with Gasteiger partial charge in [0.05, 0.1) is 15.7 Å². The van der Waals surface area contributed by atoms with Gasteiger partial charge in [0, 0.05) is 0 Å². The zero-order chi connectivity index (χ0) is 9.14. The number of benzene rings is 1. The van der Waals surface area contributed by atoms with Crippen molar-refractivity contribution < 1.29 is 4.79 Å². The van der Waals surface area contributed by atoms with Gasteiger partial charge in [-0.1, -0.05) is 23.2 Å². The number of nitrogens with zero attached hydrogens (tertiary/aromatic N) is 1. The average Bonchev–Trinajstić information content (AvgIpc) is 1.96. The maximum atomic E-state index is 10.3. The Kier molecular flexibility index (Phi) is 2.78. The zero-order valence-corrected chi connectivity index (χ0v) is 7.43. The summed E-state index contributed by atoms with van der Waals surface area (Å²) in [5.41, 5.74) is 5.23. The number of carbonyl (C=O) groups excluding carboxylic acids is 1. The lowest BCUT2D eigenvalue weighted by atomic mass is 10.3. The Balaban J connectivity index is 2.89. The normalized spacial score (nSPS) is 9.50. The molecule has 0 saturated heterocycles. The van der Waals surface area contributed by atoms with Gasteiger partial charge in [0.25, 0.3) is 0 Å². The van der Waals surface area contributed by atoms with Crippen molar-refractivity contribution in [2.24, 2.45) is 5.73 Å². The van der Waals surface area contributed by atoms with Crippen LogP contribution in [0.4, 0.5) is 10.5 Å². The lowest BCUT2D eigenvalue weighted by molar-refractivity contribution is 0.252. The largest absolute Gasteiger partial charge is 0.350 e. The van der Waals surface area contributed by atoms with Crippen molar-refractivity contribution in [2.45, 2.75) is 0 Å². The standard InChI is InChI=1S/C7H5Cl2N2O/c8-5-2-1-4(3-6(5)9)11-7(10)12/h1-3H,(H2,10,12). The van der Waals surface area contributed by atoms with E-state index in [9.17, 15) is 4.79 Å². The van der Waals surface area contributed by atoms with Crippen LogP contribution in [0.2, 0.25) is 10.0 Å². The predicted molar refractivity (Wildman–Crippen MR) is 47.8 cm³/mol. The predicted octanol–water partition coefficient (Wildman–Crippen LogP) is 2.31. The number of halogens is 2. The molecule has 0 aliphatic carbocycles. The molecule has 0 aliphatic rings. The van der Waals surface area contributed by atoms with Gasteiger partial charge in [-0.3, -0.25) is 0 Å². The number of hydrogen-bond donors (Lipinski definition) is 1. The van der Waals surface area contributed by atoms with Crippen molar-refractivity contribution in [3.8, 4) is 0 Å². The van der Waals surface area contributed by atoms with Crippen LogP contribution in [0.3, 0.4) is 0 Å². The second kappa shape index (κ2) is 3.65. The first-order valence-corrected chi connectivity index (χ1v) is 3.81. The summed E-state index contributed by atoms with van der Waals surface area (Å²) in [6, 6.07) is 3.81. The first-order chi connectivity index (χ1) is 5.59. The van der Waals surface area contributed by atoms with Gasteiger partial charge in [0.1, 0.15) is 0 Å². The minimum absolute atomic E-state index is 0.346. The molecule has 12 heavy (non-hydrogen) atoms. The Hall–Kier alpha value is -0.930. The molecule has 1 rings (SSSR count). The van der Waals surface area contributed by atoms with E-state index in [-0.39, 0.29) is 0 Å². The molecule has 0 fully saturated rings. The van der Waals surface area contributed by atoms with Crippen molar-refractivity contribution in [3.05, 3.63) is 28.2 Å². The fourth-order valence-electron chi connectivity index (χ4n) is 0.682. The van der Waals surface area contributed by atoms with Crippen LogP contribution in [-0.4, -0.2) is 6.03 Å². The lowest BCUT2D eigenvalue weighted by Gasteiger charge is -1.99. The molecule has 5 heteroatoms. The molecule has 1 radical (unpaired) electrons. The number of rotatable bonds is 1. The Morgan fingerprint density at radius 1 is 1.33 bits per heavy atom. The summed E-state index contributed by atoms with van der Waals surface area (Å²) in [4.78, 5) is 10.3. The van der Waals surface area contributed by atoms with Gasteiger partial charge >= 0.3 is 6.03 Å². The molecule has 63 valence electrons. The van der Waals surface area contributed by atoms with Crippen LogP contribution in [0.1, 0.15) is 0 Å². The molecule has 2 N–H and O–H groups in total. The van der Waals surface area contributed by atoms with Crippen LogP contribution in [0.25, 0.3) is 0 Å². The van der Waals surface area contributed by atoms with E-state index in [1.54, 1.807) is 12.1 Å². The molecule has 0 saturated carbocycles. The van der Waals surface area contributed by atoms with Crippen LogP contribution >= 0.6 is 23.2 Å². The highest BCUT2D eigenvalue weighted by atomic mass is 35.5. The Morgan fingerprint density at radius 3 is 2.50 bits per heavy atom. The number of hydrogen-bond acceptors (Lipinski definition) is 1. The van der Waals surface area contributed by atoms with E-state index in [1.807, 2.05) is 0 Å². The molecule has 0 spiro atoms. The SMILES string of the molecule is NC(=O)[N]c1ccc(Cl)c(Cl)c1. The van der Waals surface area contributed by atoms with Gasteiger partial charge in [-0.15, -0.1) is 0 Å². The highest BCUT2D eigenvalue weighted by Gasteiger charge is 2.02. The third-order valence-corrected chi connectivity index (χ3v) is 1.88. The summed E-state index contributed by atoms with van der Waals surface area (Å²) in [5, 5.41) is 4.22. The topological polar surface area (TPSA) is 57.2 Å². The smallest absolute Gasteiger partial charge is 0.338 e. The van der Waals surface area contributed by atoms with Gasteiger partial charge < -0.3 is 5.73 Å². The van der Waals surface area contributed by atoms with Crippen LogP contribution in [0.5, 0.6) is 0 Å². The molecule has 1 aromatic carbocycles. The van der Waals surface area contributed by atoms with Crippen molar-refractivity contribution >= 4 is 34.9 Å². The molecule has 0 bridgehead atoms. The summed E-state index contributed by atoms with van der Waals surface area (Å²) in [6.07, 6.45) is 0. The average molecular weight is 204 g/mol. The molecular formula is C7H5Cl2N2O. The minimum atomic E-state index is -0.756. The number of amides is 2. The summed E-state index contributed by atoms with van der Waals surface area (Å²) >= 11 is 11.3. The van der Waals surface area contributed by atoms with E-state index in [2.05, 4.69) is 5.32 Å². The van der Waals surface area contributed by atoms with Crippen molar-refractivity contribution in [1.82, 2.24) is 5.32 Å². The molecule has 1 aromatic rings. The number of primary amides is 1. The van der Waals surface area contributed by atoms with Crippen molar-refractivity contribution in [3.63, 3.8) is 0 Å². The Bertz CT molecular complexity index is 314. The van der Waals surface area contributed by atoms with E-state index < -0.39 is 6.03 Å². The lowest BCUT2D eigenvalue weighted by Crippen LogP contribution is -2.18. The quantitative estimate of drug-likeness (QED) is 0.749. The first kappa shape index (κ1) is 9.16. The minimum Gasteiger partial charge on any atom is -0.350 e. The number of urea groups is 1. The van der Waals surface area contributed by atoms with E-state index in [1.165, 1.54) is 6.07 Å². The molecule has 0 aliphatic heterocycles. The maximum absolute atomic E-state index is 10.3. The van der Waals surface area contributed by atoms with Crippen molar-refractivity contribution in [1.29, 1.82) is 0 Å². The molecule has 2 amide bonds. The summed E-state index contributed by atoms with van der Waals surface area (Å²) in [7, 11) is 0. The number of carbonyl (C=O) groups is 1. The zero-order valence-electron chi connectivity index (χ0n) is 5.92. The monoisotopic (exact) mass is 203 g/mol. The highest BCUT2D eigenvalue weighted by molar-refractivity contribution is 6.42. The molecular weight excluding hydrogens is 199 g/mol. The summed E-state index contributed by atoms with van der Waals surface area (Å²) < 4.78 is 0. The van der Waals surface area contributed by atoms with Gasteiger partial charge in [-0.25, -0.2) is 4.79 Å². The van der Waals surface area contributed by atoms with Crippen LogP contribution in [0.15, 0.2) is 18.2 Å². The molecule has 0 atom stereocenters. The van der Waals surface area contributed by atoms with Crippen molar-refractivity contribution in [2.75, 3.05) is 0 Å². The first-order valence-electron chi connectivity index (χ1n) is 3.06. The van der Waals surface area contributed by atoms with Crippen LogP contribution in [-0.2, 0) is 0 Å². The van der Waals surface area contributed by atoms with Gasteiger partial charge in [0.2, 0.25) is 0 Å². The Morgan fingerprint density at radius 2 is 2.00 bits per heavy atom.